The molecule has 0 radical (unpaired) electrons. The molecular formula is C16H24N4O2. The predicted molar refractivity (Wildman–Crippen MR) is 85.2 cm³/mol. The summed E-state index contributed by atoms with van der Waals surface area (Å²) in [4.78, 5) is 20.3. The summed E-state index contributed by atoms with van der Waals surface area (Å²) in [6.07, 6.45) is 6.66. The van der Waals surface area contributed by atoms with Gasteiger partial charge in [-0.15, -0.1) is 0 Å². The maximum absolute atomic E-state index is 12.1. The third kappa shape index (κ3) is 3.50. The second-order valence-corrected chi connectivity index (χ2v) is 6.36. The number of ether oxygens (including phenoxy) is 1. The van der Waals surface area contributed by atoms with E-state index in [-0.39, 0.29) is 6.03 Å². The first-order valence-corrected chi connectivity index (χ1v) is 7.97. The molecule has 1 saturated heterocycles. The zero-order valence-corrected chi connectivity index (χ0v) is 13.3. The highest BCUT2D eigenvalue weighted by molar-refractivity contribution is 5.89. The molecule has 1 N–H and O–H groups in total. The van der Waals surface area contributed by atoms with Crippen LogP contribution in [0.1, 0.15) is 25.7 Å². The van der Waals surface area contributed by atoms with Gasteiger partial charge in [-0.25, -0.2) is 9.78 Å². The molecule has 2 fully saturated rings. The molecule has 22 heavy (non-hydrogen) atoms. The van der Waals surface area contributed by atoms with Crippen LogP contribution in [-0.4, -0.2) is 60.1 Å². The van der Waals surface area contributed by atoms with Crippen LogP contribution in [0.4, 0.5) is 10.5 Å². The lowest BCUT2D eigenvalue weighted by Gasteiger charge is -2.42. The van der Waals surface area contributed by atoms with Crippen LogP contribution in [0.15, 0.2) is 18.3 Å². The standard InChI is InChI=1S/C16H24N4O2/c1-19(2)13-10-20(11-13)16(21)18-12-7-8-15(17-9-12)22-14-5-3-4-6-14/h7-9,13-14H,3-6,10-11H2,1-2H3,(H,18,21). The maximum Gasteiger partial charge on any atom is 0.321 e. The zero-order valence-electron chi connectivity index (χ0n) is 13.3. The molecule has 6 heteroatoms. The van der Waals surface area contributed by atoms with E-state index in [2.05, 4.69) is 15.2 Å². The van der Waals surface area contributed by atoms with Gasteiger partial charge in [0.2, 0.25) is 5.88 Å². The Morgan fingerprint density at radius 2 is 2.05 bits per heavy atom. The summed E-state index contributed by atoms with van der Waals surface area (Å²) in [5.41, 5.74) is 0.706. The molecule has 1 saturated carbocycles. The van der Waals surface area contributed by atoms with Crippen molar-refractivity contribution in [1.29, 1.82) is 0 Å². The van der Waals surface area contributed by atoms with Gasteiger partial charge in [0.15, 0.2) is 0 Å². The SMILES string of the molecule is CN(C)C1CN(C(=O)Nc2ccc(OC3CCCC3)nc2)C1. The van der Waals surface area contributed by atoms with Crippen LogP contribution in [0.3, 0.4) is 0 Å². The molecule has 0 spiro atoms. The molecule has 1 aromatic rings. The maximum atomic E-state index is 12.1. The van der Waals surface area contributed by atoms with Crippen molar-refractivity contribution in [2.75, 3.05) is 32.5 Å². The van der Waals surface area contributed by atoms with Crippen molar-refractivity contribution in [3.8, 4) is 5.88 Å². The lowest BCUT2D eigenvalue weighted by molar-refractivity contribution is 0.0942. The van der Waals surface area contributed by atoms with E-state index in [9.17, 15) is 4.79 Å². The van der Waals surface area contributed by atoms with Crippen molar-refractivity contribution >= 4 is 11.7 Å². The summed E-state index contributed by atoms with van der Waals surface area (Å²) in [6, 6.07) is 4.07. The molecule has 0 aromatic carbocycles. The molecule has 3 rings (SSSR count). The molecule has 0 bridgehead atoms. The molecule has 6 nitrogen and oxygen atoms in total. The van der Waals surface area contributed by atoms with E-state index in [1.165, 1.54) is 12.8 Å². The van der Waals surface area contributed by atoms with Crippen LogP contribution in [0.2, 0.25) is 0 Å². The number of nitrogens with zero attached hydrogens (tertiary/aromatic N) is 3. The summed E-state index contributed by atoms with van der Waals surface area (Å²) in [5.74, 6) is 0.640. The molecule has 1 aliphatic carbocycles. The number of pyridine rings is 1. The van der Waals surface area contributed by atoms with E-state index >= 15 is 0 Å². The number of aromatic nitrogens is 1. The number of hydrogen-bond acceptors (Lipinski definition) is 4. The van der Waals surface area contributed by atoms with Crippen LogP contribution in [0.5, 0.6) is 5.88 Å². The minimum absolute atomic E-state index is 0.0654. The van der Waals surface area contributed by atoms with Crippen molar-refractivity contribution < 1.29 is 9.53 Å². The summed E-state index contributed by atoms with van der Waals surface area (Å²) in [6.45, 7) is 1.55. The molecule has 2 aliphatic rings. The van der Waals surface area contributed by atoms with Gasteiger partial charge in [0.1, 0.15) is 6.10 Å². The van der Waals surface area contributed by atoms with Gasteiger partial charge in [0.05, 0.1) is 11.9 Å². The topological polar surface area (TPSA) is 57.7 Å². The molecule has 120 valence electrons. The van der Waals surface area contributed by atoms with E-state index < -0.39 is 0 Å². The number of carbonyl (C=O) groups excluding carboxylic acids is 1. The van der Waals surface area contributed by atoms with Crippen molar-refractivity contribution in [2.45, 2.75) is 37.8 Å². The largest absolute Gasteiger partial charge is 0.474 e. The monoisotopic (exact) mass is 304 g/mol. The Kier molecular flexibility index (Phi) is 4.47. The van der Waals surface area contributed by atoms with Crippen molar-refractivity contribution in [2.24, 2.45) is 0 Å². The third-order valence-electron chi connectivity index (χ3n) is 4.46. The second kappa shape index (κ2) is 6.52. The quantitative estimate of drug-likeness (QED) is 0.926. The smallest absolute Gasteiger partial charge is 0.321 e. The minimum Gasteiger partial charge on any atom is -0.474 e. The van der Waals surface area contributed by atoms with Gasteiger partial charge < -0.3 is 19.9 Å². The fraction of sp³-hybridized carbons (Fsp3) is 0.625. The Hall–Kier alpha value is -1.82. The number of likely N-dealkylation sites (tertiary alicyclic amines) is 1. The normalized spacial score (nSPS) is 19.3. The third-order valence-corrected chi connectivity index (χ3v) is 4.46. The van der Waals surface area contributed by atoms with Gasteiger partial charge in [-0.3, -0.25) is 0 Å². The van der Waals surface area contributed by atoms with Crippen molar-refractivity contribution in [3.63, 3.8) is 0 Å². The van der Waals surface area contributed by atoms with Crippen LogP contribution in [-0.2, 0) is 0 Å². The summed E-state index contributed by atoms with van der Waals surface area (Å²) >= 11 is 0. The van der Waals surface area contributed by atoms with E-state index in [0.29, 0.717) is 23.7 Å². The molecule has 2 heterocycles. The van der Waals surface area contributed by atoms with Crippen LogP contribution in [0.25, 0.3) is 0 Å². The molecule has 0 unspecified atom stereocenters. The summed E-state index contributed by atoms with van der Waals surface area (Å²) in [5, 5.41) is 2.87. The molecule has 2 amide bonds. The Labute approximate surface area is 131 Å². The van der Waals surface area contributed by atoms with Gasteiger partial charge in [-0.2, -0.15) is 0 Å². The predicted octanol–water partition coefficient (Wildman–Crippen LogP) is 2.18. The number of likely N-dealkylation sites (N-methyl/N-ethyl adjacent to an activating group) is 1. The average Bonchev–Trinajstić information content (AvgIpc) is 2.91. The first-order chi connectivity index (χ1) is 10.6. The lowest BCUT2D eigenvalue weighted by Crippen LogP contribution is -2.60. The number of carbonyl (C=O) groups is 1. The lowest BCUT2D eigenvalue weighted by atomic mass is 10.1. The van der Waals surface area contributed by atoms with Crippen molar-refractivity contribution in [1.82, 2.24) is 14.8 Å². The zero-order chi connectivity index (χ0) is 15.5. The van der Waals surface area contributed by atoms with Gasteiger partial charge >= 0.3 is 6.03 Å². The van der Waals surface area contributed by atoms with Gasteiger partial charge in [-0.05, 0) is 45.8 Å². The average molecular weight is 304 g/mol. The Morgan fingerprint density at radius 1 is 1.32 bits per heavy atom. The minimum atomic E-state index is -0.0654. The number of amides is 2. The fourth-order valence-electron chi connectivity index (χ4n) is 2.85. The number of urea groups is 1. The summed E-state index contributed by atoms with van der Waals surface area (Å²) < 4.78 is 5.82. The van der Waals surface area contributed by atoms with Crippen LogP contribution in [0, 0.1) is 0 Å². The second-order valence-electron chi connectivity index (χ2n) is 6.36. The van der Waals surface area contributed by atoms with Crippen LogP contribution < -0.4 is 10.1 Å². The Morgan fingerprint density at radius 3 is 2.64 bits per heavy atom. The van der Waals surface area contributed by atoms with E-state index in [1.54, 1.807) is 11.1 Å². The molecule has 1 aromatic heterocycles. The highest BCUT2D eigenvalue weighted by Gasteiger charge is 2.31. The number of anilines is 1. The Balaban J connectivity index is 1.47. The summed E-state index contributed by atoms with van der Waals surface area (Å²) in [7, 11) is 4.07. The first kappa shape index (κ1) is 15.1. The van der Waals surface area contributed by atoms with Gasteiger partial charge in [-0.1, -0.05) is 0 Å². The fourth-order valence-corrected chi connectivity index (χ4v) is 2.85. The van der Waals surface area contributed by atoms with Crippen LogP contribution >= 0.6 is 0 Å². The van der Waals surface area contributed by atoms with E-state index in [0.717, 1.165) is 25.9 Å². The van der Waals surface area contributed by atoms with Gasteiger partial charge in [0, 0.05) is 25.2 Å². The van der Waals surface area contributed by atoms with Crippen molar-refractivity contribution in [3.05, 3.63) is 18.3 Å². The number of rotatable bonds is 4. The van der Waals surface area contributed by atoms with Gasteiger partial charge in [0.25, 0.3) is 0 Å². The molecule has 1 aliphatic heterocycles. The van der Waals surface area contributed by atoms with E-state index in [1.807, 2.05) is 26.2 Å². The number of nitrogens with one attached hydrogen (secondary N) is 1. The highest BCUT2D eigenvalue weighted by Crippen LogP contribution is 2.23. The number of hydrogen-bond donors (Lipinski definition) is 1. The Bertz CT molecular complexity index is 505. The molecular weight excluding hydrogens is 280 g/mol. The first-order valence-electron chi connectivity index (χ1n) is 7.97. The van der Waals surface area contributed by atoms with E-state index in [4.69, 9.17) is 4.74 Å². The molecule has 0 atom stereocenters. The highest BCUT2D eigenvalue weighted by atomic mass is 16.5.